The van der Waals surface area contributed by atoms with E-state index in [0.717, 1.165) is 49.5 Å². The SMILES string of the molecule is COc1ccc2c(c1)OC(C)(C)CN(C(=O)C1CC13CCOCC3)C2. The zero-order valence-electron chi connectivity index (χ0n) is 15.3. The molecule has 1 spiro atoms. The second-order valence-corrected chi connectivity index (χ2v) is 8.26. The Morgan fingerprint density at radius 2 is 2.04 bits per heavy atom. The standard InChI is InChI=1S/C20H27NO4/c1-19(2)13-21(12-14-4-5-15(23-3)10-17(14)25-19)18(22)16-11-20(16)6-8-24-9-7-20/h4-5,10,16H,6-9,11-13H2,1-3H3. The van der Waals surface area contributed by atoms with Gasteiger partial charge in [0, 0.05) is 37.3 Å². The monoisotopic (exact) mass is 345 g/mol. The molecule has 0 N–H and O–H groups in total. The number of ether oxygens (including phenoxy) is 3. The normalized spacial score (nSPS) is 26.4. The first-order valence-corrected chi connectivity index (χ1v) is 9.15. The highest BCUT2D eigenvalue weighted by atomic mass is 16.5. The fourth-order valence-electron chi connectivity index (χ4n) is 4.34. The van der Waals surface area contributed by atoms with E-state index in [1.54, 1.807) is 7.11 Å². The lowest BCUT2D eigenvalue weighted by Crippen LogP contribution is -2.44. The molecule has 25 heavy (non-hydrogen) atoms. The van der Waals surface area contributed by atoms with Crippen LogP contribution in [-0.2, 0) is 16.1 Å². The molecular weight excluding hydrogens is 318 g/mol. The lowest BCUT2D eigenvalue weighted by Gasteiger charge is -2.31. The highest BCUT2D eigenvalue weighted by Gasteiger charge is 2.59. The summed E-state index contributed by atoms with van der Waals surface area (Å²) in [6, 6.07) is 5.86. The molecule has 2 heterocycles. The number of methoxy groups -OCH3 is 1. The number of hydrogen-bond acceptors (Lipinski definition) is 4. The molecule has 1 atom stereocenters. The Bertz CT molecular complexity index is 678. The minimum atomic E-state index is -0.426. The number of benzene rings is 1. The molecule has 4 rings (SSSR count). The first-order chi connectivity index (χ1) is 11.9. The van der Waals surface area contributed by atoms with Crippen LogP contribution in [0.1, 0.15) is 38.7 Å². The maximum Gasteiger partial charge on any atom is 0.226 e. The number of rotatable bonds is 2. The Balaban J connectivity index is 1.56. The second kappa shape index (κ2) is 5.90. The van der Waals surface area contributed by atoms with Crippen molar-refractivity contribution >= 4 is 5.91 Å². The minimum absolute atomic E-state index is 0.159. The second-order valence-electron chi connectivity index (χ2n) is 8.26. The van der Waals surface area contributed by atoms with Crippen LogP contribution in [0.25, 0.3) is 0 Å². The van der Waals surface area contributed by atoms with Gasteiger partial charge in [0.2, 0.25) is 5.91 Å². The molecule has 136 valence electrons. The third-order valence-electron chi connectivity index (χ3n) is 5.88. The maximum atomic E-state index is 13.2. The van der Waals surface area contributed by atoms with Gasteiger partial charge in [-0.25, -0.2) is 0 Å². The molecule has 0 radical (unpaired) electrons. The summed E-state index contributed by atoms with van der Waals surface area (Å²) in [5.41, 5.74) is 0.821. The first kappa shape index (κ1) is 16.7. The summed E-state index contributed by atoms with van der Waals surface area (Å²) in [7, 11) is 1.65. The fourth-order valence-corrected chi connectivity index (χ4v) is 4.34. The van der Waals surface area contributed by atoms with Crippen molar-refractivity contribution in [1.29, 1.82) is 0 Å². The minimum Gasteiger partial charge on any atom is -0.497 e. The van der Waals surface area contributed by atoms with Gasteiger partial charge in [0.1, 0.15) is 17.1 Å². The van der Waals surface area contributed by atoms with Crippen LogP contribution in [0.5, 0.6) is 11.5 Å². The van der Waals surface area contributed by atoms with Gasteiger partial charge in [-0.05, 0) is 50.7 Å². The van der Waals surface area contributed by atoms with Gasteiger partial charge in [-0.15, -0.1) is 0 Å². The summed E-state index contributed by atoms with van der Waals surface area (Å²) >= 11 is 0. The van der Waals surface area contributed by atoms with E-state index in [2.05, 4.69) is 0 Å². The smallest absolute Gasteiger partial charge is 0.226 e. The van der Waals surface area contributed by atoms with Crippen LogP contribution < -0.4 is 9.47 Å². The average Bonchev–Trinajstić information content (AvgIpc) is 3.30. The van der Waals surface area contributed by atoms with Gasteiger partial charge in [0.05, 0.1) is 13.7 Å². The van der Waals surface area contributed by atoms with Crippen molar-refractivity contribution in [3.05, 3.63) is 23.8 Å². The topological polar surface area (TPSA) is 48.0 Å². The molecule has 2 fully saturated rings. The number of hydrogen-bond donors (Lipinski definition) is 0. The zero-order valence-corrected chi connectivity index (χ0v) is 15.3. The van der Waals surface area contributed by atoms with E-state index in [9.17, 15) is 4.79 Å². The number of fused-ring (bicyclic) bond motifs is 1. The van der Waals surface area contributed by atoms with E-state index in [0.29, 0.717) is 13.1 Å². The third-order valence-corrected chi connectivity index (χ3v) is 5.88. The number of amides is 1. The van der Waals surface area contributed by atoms with Crippen LogP contribution >= 0.6 is 0 Å². The summed E-state index contributed by atoms with van der Waals surface area (Å²) in [6.45, 7) is 6.87. The van der Waals surface area contributed by atoms with Gasteiger partial charge < -0.3 is 19.1 Å². The van der Waals surface area contributed by atoms with E-state index in [1.807, 2.05) is 36.9 Å². The van der Waals surface area contributed by atoms with Gasteiger partial charge in [0.15, 0.2) is 0 Å². The van der Waals surface area contributed by atoms with Gasteiger partial charge >= 0.3 is 0 Å². The average molecular weight is 345 g/mol. The van der Waals surface area contributed by atoms with Crippen molar-refractivity contribution < 1.29 is 19.0 Å². The van der Waals surface area contributed by atoms with Crippen LogP contribution in [0.15, 0.2) is 18.2 Å². The van der Waals surface area contributed by atoms with Crippen LogP contribution in [0.2, 0.25) is 0 Å². The molecule has 5 nitrogen and oxygen atoms in total. The van der Waals surface area contributed by atoms with E-state index < -0.39 is 5.60 Å². The predicted molar refractivity (Wildman–Crippen MR) is 93.7 cm³/mol. The van der Waals surface area contributed by atoms with Gasteiger partial charge in [-0.3, -0.25) is 4.79 Å². The summed E-state index contributed by atoms with van der Waals surface area (Å²) in [5, 5.41) is 0. The fraction of sp³-hybridized carbons (Fsp3) is 0.650. The molecule has 5 heteroatoms. The van der Waals surface area contributed by atoms with E-state index >= 15 is 0 Å². The Morgan fingerprint density at radius 3 is 2.76 bits per heavy atom. The van der Waals surface area contributed by atoms with E-state index in [1.165, 1.54) is 0 Å². The summed E-state index contributed by atoms with van der Waals surface area (Å²) in [6.07, 6.45) is 3.05. The predicted octanol–water partition coefficient (Wildman–Crippen LogP) is 3.01. The molecule has 1 unspecified atom stereocenters. The molecule has 0 aromatic heterocycles. The van der Waals surface area contributed by atoms with Crippen molar-refractivity contribution in [3.63, 3.8) is 0 Å². The Kier molecular flexibility index (Phi) is 3.95. The number of nitrogens with zero attached hydrogens (tertiary/aromatic N) is 1. The molecular formula is C20H27NO4. The Morgan fingerprint density at radius 1 is 1.28 bits per heavy atom. The molecule has 1 aliphatic carbocycles. The lowest BCUT2D eigenvalue weighted by molar-refractivity contribution is -0.136. The van der Waals surface area contributed by atoms with Crippen LogP contribution in [0, 0.1) is 11.3 Å². The largest absolute Gasteiger partial charge is 0.497 e. The summed E-state index contributed by atoms with van der Waals surface area (Å²) in [5.74, 6) is 2.03. The molecule has 1 aromatic rings. The zero-order chi connectivity index (χ0) is 17.7. The lowest BCUT2D eigenvalue weighted by atomic mass is 9.93. The highest BCUT2D eigenvalue weighted by Crippen LogP contribution is 2.60. The van der Waals surface area contributed by atoms with Crippen molar-refractivity contribution in [2.75, 3.05) is 26.9 Å². The maximum absolute atomic E-state index is 13.2. The number of carbonyl (C=O) groups is 1. The van der Waals surface area contributed by atoms with Crippen molar-refractivity contribution in [3.8, 4) is 11.5 Å². The van der Waals surface area contributed by atoms with E-state index in [4.69, 9.17) is 14.2 Å². The highest BCUT2D eigenvalue weighted by molar-refractivity contribution is 5.83. The number of carbonyl (C=O) groups excluding carboxylic acids is 1. The summed E-state index contributed by atoms with van der Waals surface area (Å²) < 4.78 is 17.0. The summed E-state index contributed by atoms with van der Waals surface area (Å²) in [4.78, 5) is 15.2. The molecule has 1 amide bonds. The quantitative estimate of drug-likeness (QED) is 0.827. The molecule has 1 saturated heterocycles. The van der Waals surface area contributed by atoms with Crippen molar-refractivity contribution in [2.45, 2.75) is 45.3 Å². The Hall–Kier alpha value is -1.75. The molecule has 1 saturated carbocycles. The van der Waals surface area contributed by atoms with Crippen LogP contribution in [0.4, 0.5) is 0 Å². The van der Waals surface area contributed by atoms with Crippen molar-refractivity contribution in [1.82, 2.24) is 4.90 Å². The van der Waals surface area contributed by atoms with E-state index in [-0.39, 0.29) is 17.2 Å². The van der Waals surface area contributed by atoms with Gasteiger partial charge in [0.25, 0.3) is 0 Å². The molecule has 3 aliphatic rings. The molecule has 1 aromatic carbocycles. The van der Waals surface area contributed by atoms with Gasteiger partial charge in [-0.1, -0.05) is 0 Å². The van der Waals surface area contributed by atoms with Crippen LogP contribution in [-0.4, -0.2) is 43.3 Å². The third kappa shape index (κ3) is 3.10. The van der Waals surface area contributed by atoms with Crippen molar-refractivity contribution in [2.24, 2.45) is 11.3 Å². The Labute approximate surface area is 149 Å². The molecule has 0 bridgehead atoms. The molecule has 2 aliphatic heterocycles. The van der Waals surface area contributed by atoms with Crippen LogP contribution in [0.3, 0.4) is 0 Å². The van der Waals surface area contributed by atoms with Gasteiger partial charge in [-0.2, -0.15) is 0 Å². The first-order valence-electron chi connectivity index (χ1n) is 9.15.